The van der Waals surface area contributed by atoms with Crippen LogP contribution in [-0.4, -0.2) is 63.2 Å². The fraction of sp³-hybridized carbons (Fsp3) is 0.611. The highest BCUT2D eigenvalue weighted by molar-refractivity contribution is 5.83. The van der Waals surface area contributed by atoms with E-state index < -0.39 is 29.7 Å². The van der Waals surface area contributed by atoms with Gasteiger partial charge in [0.15, 0.2) is 12.3 Å². The number of aliphatic hydroxyl groups is 1. The number of hydrogen-bond acceptors (Lipinski definition) is 5. The fourth-order valence-corrected chi connectivity index (χ4v) is 2.77. The SMILES string of the molecule is CC1=[N+](C(=O)OC(C)(C)C)CCN(CC(O)c2cccc(C(F)(F)F)n2)C1. The molecule has 0 spiro atoms. The summed E-state index contributed by atoms with van der Waals surface area (Å²) in [6.45, 7) is 8.50. The molecule has 27 heavy (non-hydrogen) atoms. The van der Waals surface area contributed by atoms with Gasteiger partial charge in [0.2, 0.25) is 0 Å². The Morgan fingerprint density at radius 2 is 2.04 bits per heavy atom. The summed E-state index contributed by atoms with van der Waals surface area (Å²) < 4.78 is 45.2. The van der Waals surface area contributed by atoms with E-state index in [0.717, 1.165) is 11.8 Å². The van der Waals surface area contributed by atoms with Gasteiger partial charge in [-0.1, -0.05) is 6.07 Å². The van der Waals surface area contributed by atoms with Crippen LogP contribution < -0.4 is 0 Å². The van der Waals surface area contributed by atoms with Crippen molar-refractivity contribution in [2.24, 2.45) is 0 Å². The molecule has 0 saturated heterocycles. The molecule has 1 N–H and O–H groups in total. The van der Waals surface area contributed by atoms with Crippen molar-refractivity contribution in [3.63, 3.8) is 0 Å². The van der Waals surface area contributed by atoms with Gasteiger partial charge in [0, 0.05) is 13.5 Å². The zero-order valence-corrected chi connectivity index (χ0v) is 15.9. The lowest BCUT2D eigenvalue weighted by Crippen LogP contribution is -2.48. The summed E-state index contributed by atoms with van der Waals surface area (Å²) in [5.74, 6) is 0. The van der Waals surface area contributed by atoms with Gasteiger partial charge in [-0.05, 0) is 32.9 Å². The summed E-state index contributed by atoms with van der Waals surface area (Å²) in [6, 6.07) is 3.47. The Hall–Kier alpha value is -2.00. The molecular weight excluding hydrogens is 363 g/mol. The van der Waals surface area contributed by atoms with Crippen LogP contribution in [0.1, 0.15) is 45.2 Å². The first kappa shape index (κ1) is 21.3. The minimum Gasteiger partial charge on any atom is -0.406 e. The maximum Gasteiger partial charge on any atom is 0.596 e. The second-order valence-electron chi connectivity index (χ2n) is 7.56. The van der Waals surface area contributed by atoms with Crippen molar-refractivity contribution in [1.82, 2.24) is 9.88 Å². The molecule has 0 saturated carbocycles. The highest BCUT2D eigenvalue weighted by Gasteiger charge is 2.35. The van der Waals surface area contributed by atoms with Crippen molar-refractivity contribution in [1.29, 1.82) is 0 Å². The van der Waals surface area contributed by atoms with E-state index in [-0.39, 0.29) is 12.2 Å². The van der Waals surface area contributed by atoms with Crippen molar-refractivity contribution in [3.8, 4) is 0 Å². The number of β-amino-alcohol motifs (C(OH)–C–C–N with tert-alkyl or cyclic N) is 1. The molecule has 0 aromatic carbocycles. The van der Waals surface area contributed by atoms with Gasteiger partial charge in [0.25, 0.3) is 0 Å². The number of halogens is 3. The monoisotopic (exact) mass is 388 g/mol. The molecule has 2 heterocycles. The number of carbonyl (C=O) groups is 1. The van der Waals surface area contributed by atoms with E-state index in [1.807, 2.05) is 4.90 Å². The lowest BCUT2D eigenvalue weighted by Gasteiger charge is -2.27. The van der Waals surface area contributed by atoms with Crippen LogP contribution in [-0.2, 0) is 10.9 Å². The average Bonchev–Trinajstić information content (AvgIpc) is 2.52. The second kappa shape index (κ2) is 7.93. The normalized spacial score (nSPS) is 17.8. The fourth-order valence-electron chi connectivity index (χ4n) is 2.77. The van der Waals surface area contributed by atoms with Crippen molar-refractivity contribution in [3.05, 3.63) is 29.6 Å². The van der Waals surface area contributed by atoms with Gasteiger partial charge in [-0.25, -0.2) is 4.98 Å². The van der Waals surface area contributed by atoms with Crippen LogP contribution in [0.3, 0.4) is 0 Å². The number of alkyl halides is 3. The number of hydrogen-bond donors (Lipinski definition) is 1. The minimum absolute atomic E-state index is 0.0305. The molecule has 2 rings (SSSR count). The van der Waals surface area contributed by atoms with E-state index in [2.05, 4.69) is 4.98 Å². The van der Waals surface area contributed by atoms with Crippen LogP contribution in [0.25, 0.3) is 0 Å². The molecule has 1 aromatic heterocycles. The first-order valence-electron chi connectivity index (χ1n) is 8.64. The second-order valence-corrected chi connectivity index (χ2v) is 7.56. The van der Waals surface area contributed by atoms with E-state index >= 15 is 0 Å². The van der Waals surface area contributed by atoms with Gasteiger partial charge in [-0.2, -0.15) is 18.0 Å². The van der Waals surface area contributed by atoms with Crippen LogP contribution in [0.2, 0.25) is 0 Å². The van der Waals surface area contributed by atoms with Crippen molar-refractivity contribution >= 4 is 11.8 Å². The summed E-state index contributed by atoms with van der Waals surface area (Å²) >= 11 is 0. The zero-order chi connectivity index (χ0) is 20.4. The summed E-state index contributed by atoms with van der Waals surface area (Å²) in [7, 11) is 0. The van der Waals surface area contributed by atoms with E-state index in [9.17, 15) is 23.1 Å². The van der Waals surface area contributed by atoms with Crippen LogP contribution >= 0.6 is 0 Å². The molecule has 1 aliphatic rings. The Bertz CT molecular complexity index is 727. The van der Waals surface area contributed by atoms with Crippen molar-refractivity contribution in [2.45, 2.75) is 45.6 Å². The molecule has 6 nitrogen and oxygen atoms in total. The molecule has 0 radical (unpaired) electrons. The van der Waals surface area contributed by atoms with Gasteiger partial charge in [-0.3, -0.25) is 4.90 Å². The molecule has 0 bridgehead atoms. The number of ether oxygens (including phenoxy) is 1. The number of amides is 1. The number of carbonyl (C=O) groups excluding carboxylic acids is 1. The van der Waals surface area contributed by atoms with E-state index in [1.54, 1.807) is 27.7 Å². The lowest BCUT2D eigenvalue weighted by atomic mass is 10.1. The van der Waals surface area contributed by atoms with Gasteiger partial charge >= 0.3 is 12.3 Å². The lowest BCUT2D eigenvalue weighted by molar-refractivity contribution is -0.458. The third-order valence-electron chi connectivity index (χ3n) is 4.00. The number of nitrogens with zero attached hydrogens (tertiary/aromatic N) is 3. The maximum absolute atomic E-state index is 12.8. The van der Waals surface area contributed by atoms with Gasteiger partial charge in [0.1, 0.15) is 17.4 Å². The third kappa shape index (κ3) is 6.00. The van der Waals surface area contributed by atoms with Crippen LogP contribution in [0.5, 0.6) is 0 Å². The Morgan fingerprint density at radius 3 is 2.59 bits per heavy atom. The van der Waals surface area contributed by atoms with Crippen LogP contribution in [0.4, 0.5) is 18.0 Å². The van der Waals surface area contributed by atoms with Crippen molar-refractivity contribution < 1.29 is 32.4 Å². The molecule has 0 aliphatic carbocycles. The highest BCUT2D eigenvalue weighted by Crippen LogP contribution is 2.28. The predicted molar refractivity (Wildman–Crippen MR) is 92.7 cm³/mol. The number of aromatic nitrogens is 1. The summed E-state index contributed by atoms with van der Waals surface area (Å²) in [4.78, 5) is 17.6. The highest BCUT2D eigenvalue weighted by atomic mass is 19.4. The Kier molecular flexibility index (Phi) is 6.26. The van der Waals surface area contributed by atoms with E-state index in [4.69, 9.17) is 4.74 Å². The topological polar surface area (TPSA) is 65.7 Å². The standard InChI is InChI=1S/C18H25F3N3O3/c1-12-10-23(8-9-24(12)16(26)27-17(2,3)4)11-14(25)13-6-5-7-15(22-13)18(19,20)21/h5-7,14,25H,8-11H2,1-4H3/q+1. The summed E-state index contributed by atoms with van der Waals surface area (Å²) in [5, 5.41) is 10.3. The Balaban J connectivity index is 2.03. The van der Waals surface area contributed by atoms with Crippen molar-refractivity contribution in [2.75, 3.05) is 26.2 Å². The largest absolute Gasteiger partial charge is 0.596 e. The average molecular weight is 388 g/mol. The zero-order valence-electron chi connectivity index (χ0n) is 15.9. The Morgan fingerprint density at radius 1 is 1.37 bits per heavy atom. The quantitative estimate of drug-likeness (QED) is 0.807. The van der Waals surface area contributed by atoms with Gasteiger partial charge in [0.05, 0.1) is 18.8 Å². The first-order valence-corrected chi connectivity index (χ1v) is 8.64. The maximum atomic E-state index is 12.8. The van der Waals surface area contributed by atoms with Crippen LogP contribution in [0.15, 0.2) is 18.2 Å². The smallest absolute Gasteiger partial charge is 0.406 e. The van der Waals surface area contributed by atoms with Gasteiger partial charge < -0.3 is 9.84 Å². The third-order valence-corrected chi connectivity index (χ3v) is 4.00. The number of rotatable bonds is 3. The van der Waals surface area contributed by atoms with Crippen LogP contribution in [0, 0.1) is 0 Å². The molecule has 1 amide bonds. The molecule has 9 heteroatoms. The van der Waals surface area contributed by atoms with Gasteiger partial charge in [-0.15, -0.1) is 4.58 Å². The molecule has 1 aromatic rings. The molecule has 1 unspecified atom stereocenters. The number of pyridine rings is 1. The molecular formula is C18H25F3N3O3+. The van der Waals surface area contributed by atoms with E-state index in [1.165, 1.54) is 16.7 Å². The summed E-state index contributed by atoms with van der Waals surface area (Å²) in [5.41, 5.74) is -0.909. The molecule has 1 aliphatic heterocycles. The molecule has 1 atom stereocenters. The number of aliphatic hydroxyl groups excluding tert-OH is 1. The molecule has 150 valence electrons. The summed E-state index contributed by atoms with van der Waals surface area (Å²) in [6.07, 6.45) is -6.15. The predicted octanol–water partition coefficient (Wildman–Crippen LogP) is 2.86. The van der Waals surface area contributed by atoms with E-state index in [0.29, 0.717) is 19.6 Å². The first-order chi connectivity index (χ1) is 12.4. The molecule has 0 fully saturated rings. The Labute approximate surface area is 156 Å². The minimum atomic E-state index is -4.56.